The van der Waals surface area contributed by atoms with Crippen molar-refractivity contribution < 1.29 is 9.47 Å². The summed E-state index contributed by atoms with van der Waals surface area (Å²) in [6.45, 7) is 3.61. The predicted octanol–water partition coefficient (Wildman–Crippen LogP) is 1.78. The minimum absolute atomic E-state index is 0.616. The first-order valence-electron chi connectivity index (χ1n) is 7.85. The minimum atomic E-state index is 0.616. The zero-order valence-electron chi connectivity index (χ0n) is 13.8. The van der Waals surface area contributed by atoms with Crippen LogP contribution in [0, 0.1) is 5.92 Å². The second kappa shape index (κ2) is 8.63. The maximum absolute atomic E-state index is 5.43. The molecule has 1 aliphatic rings. The van der Waals surface area contributed by atoms with E-state index in [0.29, 0.717) is 5.92 Å². The van der Waals surface area contributed by atoms with Gasteiger partial charge < -0.3 is 19.7 Å². The van der Waals surface area contributed by atoms with Crippen molar-refractivity contribution >= 4 is 5.96 Å². The smallest absolute Gasteiger partial charge is 0.193 e. The molecule has 0 bridgehead atoms. The molecule has 1 aliphatic heterocycles. The molecule has 0 spiro atoms. The highest BCUT2D eigenvalue weighted by atomic mass is 16.5. The second-order valence-corrected chi connectivity index (χ2v) is 5.68. The van der Waals surface area contributed by atoms with Crippen molar-refractivity contribution in [2.75, 3.05) is 47.5 Å². The number of nitrogens with zero attached hydrogens (tertiary/aromatic N) is 2. The van der Waals surface area contributed by atoms with Crippen LogP contribution in [0.1, 0.15) is 12.0 Å². The average molecular weight is 305 g/mol. The third-order valence-electron chi connectivity index (χ3n) is 3.99. The number of ether oxygens (including phenoxy) is 2. The minimum Gasteiger partial charge on any atom is -0.497 e. The third-order valence-corrected chi connectivity index (χ3v) is 3.99. The first-order valence-corrected chi connectivity index (χ1v) is 7.85. The molecule has 1 aromatic carbocycles. The predicted molar refractivity (Wildman–Crippen MR) is 89.6 cm³/mol. The molecule has 0 radical (unpaired) electrons. The molecule has 1 fully saturated rings. The summed E-state index contributed by atoms with van der Waals surface area (Å²) < 4.78 is 10.6. The molecular weight excluding hydrogens is 278 g/mol. The van der Waals surface area contributed by atoms with Crippen LogP contribution in [0.25, 0.3) is 0 Å². The van der Waals surface area contributed by atoms with Crippen LogP contribution >= 0.6 is 0 Å². The van der Waals surface area contributed by atoms with E-state index in [1.54, 1.807) is 7.11 Å². The van der Waals surface area contributed by atoms with Gasteiger partial charge in [0.15, 0.2) is 5.96 Å². The van der Waals surface area contributed by atoms with E-state index in [1.165, 1.54) is 5.56 Å². The van der Waals surface area contributed by atoms with Gasteiger partial charge in [-0.1, -0.05) is 12.1 Å². The molecule has 1 saturated heterocycles. The largest absolute Gasteiger partial charge is 0.497 e. The molecule has 122 valence electrons. The molecule has 22 heavy (non-hydrogen) atoms. The fraction of sp³-hybridized carbons (Fsp3) is 0.588. The van der Waals surface area contributed by atoms with Gasteiger partial charge in [0.25, 0.3) is 0 Å². The van der Waals surface area contributed by atoms with E-state index < -0.39 is 0 Å². The number of hydrogen-bond acceptors (Lipinski definition) is 3. The lowest BCUT2D eigenvalue weighted by Gasteiger charge is -2.24. The summed E-state index contributed by atoms with van der Waals surface area (Å²) in [5.41, 5.74) is 1.29. The third kappa shape index (κ3) is 4.91. The molecule has 1 unspecified atom stereocenters. The summed E-state index contributed by atoms with van der Waals surface area (Å²) in [6.07, 6.45) is 2.11. The summed E-state index contributed by atoms with van der Waals surface area (Å²) in [7, 11) is 5.60. The first kappa shape index (κ1) is 16.6. The molecule has 5 nitrogen and oxygen atoms in total. The van der Waals surface area contributed by atoms with Gasteiger partial charge in [0.1, 0.15) is 5.75 Å². The van der Waals surface area contributed by atoms with Gasteiger partial charge in [-0.25, -0.2) is 0 Å². The zero-order valence-corrected chi connectivity index (χ0v) is 13.8. The number of aliphatic imine (C=N–C) groups is 1. The normalized spacial score (nSPS) is 18.3. The summed E-state index contributed by atoms with van der Waals surface area (Å²) in [5.74, 6) is 2.46. The van der Waals surface area contributed by atoms with Crippen LogP contribution in [0.3, 0.4) is 0 Å². The van der Waals surface area contributed by atoms with Gasteiger partial charge in [0.2, 0.25) is 0 Å². The highest BCUT2D eigenvalue weighted by Crippen LogP contribution is 2.13. The van der Waals surface area contributed by atoms with E-state index in [0.717, 1.165) is 50.9 Å². The molecular formula is C17H27N3O2. The van der Waals surface area contributed by atoms with Gasteiger partial charge in [0, 0.05) is 39.7 Å². The highest BCUT2D eigenvalue weighted by Gasteiger charge is 2.18. The molecule has 5 heteroatoms. The number of rotatable bonds is 6. The van der Waals surface area contributed by atoms with E-state index in [4.69, 9.17) is 9.47 Å². The molecule has 1 heterocycles. The van der Waals surface area contributed by atoms with Crippen LogP contribution in [0.15, 0.2) is 29.3 Å². The summed E-state index contributed by atoms with van der Waals surface area (Å²) in [5, 5.41) is 3.42. The van der Waals surface area contributed by atoms with Crippen LogP contribution in [0.5, 0.6) is 5.75 Å². The van der Waals surface area contributed by atoms with Crippen molar-refractivity contribution in [2.24, 2.45) is 10.9 Å². The van der Waals surface area contributed by atoms with Crippen LogP contribution in [-0.4, -0.2) is 58.4 Å². The topological polar surface area (TPSA) is 46.1 Å². The number of hydrogen-bond donors (Lipinski definition) is 1. The number of benzene rings is 1. The lowest BCUT2D eigenvalue weighted by molar-refractivity contribution is 0.181. The van der Waals surface area contributed by atoms with Crippen molar-refractivity contribution in [2.45, 2.75) is 12.8 Å². The molecule has 0 aliphatic carbocycles. The Labute approximate surface area is 133 Å². The van der Waals surface area contributed by atoms with Crippen LogP contribution in [0.4, 0.5) is 0 Å². The summed E-state index contributed by atoms with van der Waals surface area (Å²) in [4.78, 5) is 6.55. The Hall–Kier alpha value is -1.75. The fourth-order valence-corrected chi connectivity index (χ4v) is 2.70. The molecule has 1 atom stereocenters. The number of nitrogens with one attached hydrogen (secondary N) is 1. The van der Waals surface area contributed by atoms with Gasteiger partial charge in [-0.05, 0) is 30.5 Å². The van der Waals surface area contributed by atoms with Gasteiger partial charge in [-0.3, -0.25) is 4.99 Å². The number of methoxy groups -OCH3 is 1. The van der Waals surface area contributed by atoms with Gasteiger partial charge >= 0.3 is 0 Å². The molecule has 1 N–H and O–H groups in total. The van der Waals surface area contributed by atoms with Crippen molar-refractivity contribution in [3.63, 3.8) is 0 Å². The quantitative estimate of drug-likeness (QED) is 0.643. The molecule has 0 aromatic heterocycles. The van der Waals surface area contributed by atoms with E-state index in [9.17, 15) is 0 Å². The van der Waals surface area contributed by atoms with Gasteiger partial charge in [0.05, 0.1) is 13.7 Å². The van der Waals surface area contributed by atoms with Crippen molar-refractivity contribution in [3.8, 4) is 5.75 Å². The lowest BCUT2D eigenvalue weighted by atomic mass is 10.1. The van der Waals surface area contributed by atoms with Crippen molar-refractivity contribution in [3.05, 3.63) is 29.8 Å². The van der Waals surface area contributed by atoms with Gasteiger partial charge in [-0.2, -0.15) is 0 Å². The first-order chi connectivity index (χ1) is 10.7. The Morgan fingerprint density at radius 3 is 2.77 bits per heavy atom. The SMILES string of the molecule is CN=C(NCCc1ccc(OC)cc1)N(C)CC1CCOC1. The van der Waals surface area contributed by atoms with E-state index in [1.807, 2.05) is 19.2 Å². The van der Waals surface area contributed by atoms with E-state index in [-0.39, 0.29) is 0 Å². The lowest BCUT2D eigenvalue weighted by Crippen LogP contribution is -2.42. The van der Waals surface area contributed by atoms with Crippen LogP contribution in [0.2, 0.25) is 0 Å². The van der Waals surface area contributed by atoms with E-state index in [2.05, 4.69) is 34.4 Å². The van der Waals surface area contributed by atoms with Crippen LogP contribution < -0.4 is 10.1 Å². The Kier molecular flexibility index (Phi) is 6.52. The Morgan fingerprint density at radius 1 is 1.41 bits per heavy atom. The van der Waals surface area contributed by atoms with Gasteiger partial charge in [-0.15, -0.1) is 0 Å². The second-order valence-electron chi connectivity index (χ2n) is 5.68. The molecule has 1 aromatic rings. The average Bonchev–Trinajstić information content (AvgIpc) is 3.05. The Balaban J connectivity index is 1.75. The zero-order chi connectivity index (χ0) is 15.8. The van der Waals surface area contributed by atoms with Crippen molar-refractivity contribution in [1.82, 2.24) is 10.2 Å². The molecule has 0 saturated carbocycles. The highest BCUT2D eigenvalue weighted by molar-refractivity contribution is 5.79. The molecule has 0 amide bonds. The Bertz CT molecular complexity index is 467. The maximum Gasteiger partial charge on any atom is 0.193 e. The maximum atomic E-state index is 5.43. The summed E-state index contributed by atoms with van der Waals surface area (Å²) >= 11 is 0. The Morgan fingerprint density at radius 2 is 2.18 bits per heavy atom. The van der Waals surface area contributed by atoms with E-state index >= 15 is 0 Å². The van der Waals surface area contributed by atoms with Crippen molar-refractivity contribution in [1.29, 1.82) is 0 Å². The number of guanidine groups is 1. The summed E-state index contributed by atoms with van der Waals surface area (Å²) in [6, 6.07) is 8.19. The fourth-order valence-electron chi connectivity index (χ4n) is 2.70. The molecule has 2 rings (SSSR count). The standard InChI is InChI=1S/C17H27N3O2/c1-18-17(20(2)12-15-9-11-22-13-15)19-10-8-14-4-6-16(21-3)7-5-14/h4-7,15H,8-13H2,1-3H3,(H,18,19). The van der Waals surface area contributed by atoms with Crippen LogP contribution in [-0.2, 0) is 11.2 Å². The monoisotopic (exact) mass is 305 g/mol.